The number of aromatic nitrogens is 1. The Kier molecular flexibility index (Phi) is 3.64. The van der Waals surface area contributed by atoms with E-state index in [4.69, 9.17) is 5.73 Å². The smallest absolute Gasteiger partial charge is 0.187 e. The normalized spacial score (nSPS) is 21.9. The number of hydrogen-bond acceptors (Lipinski definition) is 7. The fraction of sp³-hybridized carbons (Fsp3) is 0.750. The zero-order chi connectivity index (χ0) is 14.3. The minimum absolute atomic E-state index is 0.175. The average molecular weight is 316 g/mol. The van der Waals surface area contributed by atoms with E-state index >= 15 is 0 Å². The van der Waals surface area contributed by atoms with Crippen molar-refractivity contribution in [3.05, 3.63) is 0 Å². The molecule has 0 amide bonds. The van der Waals surface area contributed by atoms with Gasteiger partial charge in [0.05, 0.1) is 5.25 Å². The molecule has 0 spiro atoms. The minimum Gasteiger partial charge on any atom is -0.382 e. The predicted molar refractivity (Wildman–Crippen MR) is 81.1 cm³/mol. The molecule has 1 aliphatic carbocycles. The molecule has 1 saturated heterocycles. The number of nitrogens with two attached hydrogens (primary N) is 1. The second kappa shape index (κ2) is 5.16. The van der Waals surface area contributed by atoms with Crippen molar-refractivity contribution in [2.75, 3.05) is 43.9 Å². The second-order valence-electron chi connectivity index (χ2n) is 5.59. The summed E-state index contributed by atoms with van der Waals surface area (Å²) in [6.45, 7) is 3.65. The summed E-state index contributed by atoms with van der Waals surface area (Å²) in [5.41, 5.74) is 5.85. The Hall–Kier alpha value is -0.860. The van der Waals surface area contributed by atoms with Crippen LogP contribution in [-0.4, -0.2) is 56.2 Å². The summed E-state index contributed by atoms with van der Waals surface area (Å²) in [5, 5.41) is 0.499. The molecule has 3 rings (SSSR count). The molecule has 6 nitrogen and oxygen atoms in total. The van der Waals surface area contributed by atoms with Crippen LogP contribution in [0.1, 0.15) is 19.3 Å². The molecule has 2 fully saturated rings. The van der Waals surface area contributed by atoms with E-state index in [2.05, 4.69) is 21.2 Å². The van der Waals surface area contributed by atoms with E-state index in [9.17, 15) is 8.42 Å². The maximum absolute atomic E-state index is 12.5. The molecule has 1 saturated carbocycles. The van der Waals surface area contributed by atoms with Crippen LogP contribution in [0.2, 0.25) is 0 Å². The fourth-order valence-corrected chi connectivity index (χ4v) is 5.63. The van der Waals surface area contributed by atoms with Gasteiger partial charge in [0.25, 0.3) is 0 Å². The topological polar surface area (TPSA) is 79.5 Å². The quantitative estimate of drug-likeness (QED) is 0.889. The first-order valence-electron chi connectivity index (χ1n) is 6.92. The largest absolute Gasteiger partial charge is 0.382 e. The molecule has 0 aromatic carbocycles. The van der Waals surface area contributed by atoms with Gasteiger partial charge in [-0.25, -0.2) is 8.42 Å². The Balaban J connectivity index is 1.94. The Morgan fingerprint density at radius 3 is 2.70 bits per heavy atom. The number of rotatable bonds is 3. The number of nitrogens with zero attached hydrogens (tertiary/aromatic N) is 3. The van der Waals surface area contributed by atoms with Crippen molar-refractivity contribution in [1.82, 2.24) is 9.27 Å². The van der Waals surface area contributed by atoms with Gasteiger partial charge < -0.3 is 15.5 Å². The standard InChI is InChI=1S/C12H20N4O2S2/c1-15-5-2-6-16(8-7-15)12-10(11(13)14-19-12)20(17,18)9-3-4-9/h9H,2-8H2,1H3,(H2,13,14). The number of sulfone groups is 1. The van der Waals surface area contributed by atoms with Gasteiger partial charge in [0.1, 0.15) is 9.90 Å². The first-order chi connectivity index (χ1) is 9.50. The third kappa shape index (κ3) is 2.51. The van der Waals surface area contributed by atoms with E-state index in [1.54, 1.807) is 0 Å². The van der Waals surface area contributed by atoms with E-state index < -0.39 is 9.84 Å². The van der Waals surface area contributed by atoms with Gasteiger partial charge in [-0.2, -0.15) is 4.37 Å². The van der Waals surface area contributed by atoms with Crippen LogP contribution in [0, 0.1) is 0 Å². The fourth-order valence-electron chi connectivity index (χ4n) is 2.55. The van der Waals surface area contributed by atoms with E-state index in [0.29, 0.717) is 0 Å². The number of hydrogen-bond donors (Lipinski definition) is 1. The molecule has 2 aliphatic rings. The lowest BCUT2D eigenvalue weighted by Crippen LogP contribution is -2.29. The van der Waals surface area contributed by atoms with Gasteiger partial charge in [-0.3, -0.25) is 0 Å². The van der Waals surface area contributed by atoms with Gasteiger partial charge in [0.15, 0.2) is 15.7 Å². The monoisotopic (exact) mass is 316 g/mol. The molecule has 8 heteroatoms. The lowest BCUT2D eigenvalue weighted by Gasteiger charge is -2.21. The predicted octanol–water partition coefficient (Wildman–Crippen LogP) is 0.803. The van der Waals surface area contributed by atoms with Crippen molar-refractivity contribution >= 4 is 32.2 Å². The molecule has 1 aromatic heterocycles. The number of anilines is 2. The summed E-state index contributed by atoms with van der Waals surface area (Å²) < 4.78 is 29.2. The summed E-state index contributed by atoms with van der Waals surface area (Å²) in [4.78, 5) is 4.68. The zero-order valence-electron chi connectivity index (χ0n) is 11.6. The van der Waals surface area contributed by atoms with E-state index in [1.807, 2.05) is 0 Å². The molecule has 112 valence electrons. The molecule has 1 aromatic rings. The van der Waals surface area contributed by atoms with Crippen LogP contribution in [-0.2, 0) is 9.84 Å². The molecule has 0 bridgehead atoms. The molecule has 0 unspecified atom stereocenters. The summed E-state index contributed by atoms with van der Waals surface area (Å²) in [6.07, 6.45) is 2.52. The summed E-state index contributed by atoms with van der Waals surface area (Å²) in [5.74, 6) is 0.175. The van der Waals surface area contributed by atoms with Crippen molar-refractivity contribution in [2.45, 2.75) is 29.4 Å². The third-order valence-electron chi connectivity index (χ3n) is 3.91. The van der Waals surface area contributed by atoms with Gasteiger partial charge >= 0.3 is 0 Å². The van der Waals surface area contributed by atoms with Crippen molar-refractivity contribution in [3.63, 3.8) is 0 Å². The molecule has 0 atom stereocenters. The number of likely N-dealkylation sites (N-methyl/N-ethyl adjacent to an activating group) is 1. The maximum atomic E-state index is 12.5. The molecular weight excluding hydrogens is 296 g/mol. The van der Waals surface area contributed by atoms with Gasteiger partial charge in [0, 0.05) is 19.6 Å². The third-order valence-corrected chi connectivity index (χ3v) is 7.28. The first kappa shape index (κ1) is 14.1. The van der Waals surface area contributed by atoms with E-state index in [-0.39, 0.29) is 16.0 Å². The van der Waals surface area contributed by atoms with Crippen LogP contribution in [0.15, 0.2) is 4.90 Å². The molecular formula is C12H20N4O2S2. The summed E-state index contributed by atoms with van der Waals surface area (Å²) in [6, 6.07) is 0. The first-order valence-corrected chi connectivity index (χ1v) is 9.24. The molecule has 2 N–H and O–H groups in total. The van der Waals surface area contributed by atoms with Crippen LogP contribution in [0.3, 0.4) is 0 Å². The minimum atomic E-state index is -3.29. The molecule has 1 aliphatic heterocycles. The van der Waals surface area contributed by atoms with Crippen LogP contribution in [0.25, 0.3) is 0 Å². The average Bonchev–Trinajstić information content (AvgIpc) is 3.18. The van der Waals surface area contributed by atoms with Gasteiger partial charge in [0.2, 0.25) is 0 Å². The maximum Gasteiger partial charge on any atom is 0.187 e. The van der Waals surface area contributed by atoms with Crippen molar-refractivity contribution in [3.8, 4) is 0 Å². The SMILES string of the molecule is CN1CCCN(c2snc(N)c2S(=O)(=O)C2CC2)CC1. The Morgan fingerprint density at radius 1 is 1.25 bits per heavy atom. The molecule has 2 heterocycles. The highest BCUT2D eigenvalue weighted by Crippen LogP contribution is 2.42. The lowest BCUT2D eigenvalue weighted by atomic mass is 10.4. The highest BCUT2D eigenvalue weighted by molar-refractivity contribution is 7.92. The van der Waals surface area contributed by atoms with E-state index in [0.717, 1.165) is 50.4 Å². The van der Waals surface area contributed by atoms with E-state index in [1.165, 1.54) is 11.5 Å². The van der Waals surface area contributed by atoms with Crippen LogP contribution < -0.4 is 10.6 Å². The zero-order valence-corrected chi connectivity index (χ0v) is 13.2. The Labute approximate surface area is 123 Å². The number of nitrogen functional groups attached to an aromatic ring is 1. The molecule has 20 heavy (non-hydrogen) atoms. The van der Waals surface area contributed by atoms with Crippen LogP contribution in [0.5, 0.6) is 0 Å². The highest BCUT2D eigenvalue weighted by Gasteiger charge is 2.41. The summed E-state index contributed by atoms with van der Waals surface area (Å²) >= 11 is 1.22. The highest BCUT2D eigenvalue weighted by atomic mass is 32.2. The lowest BCUT2D eigenvalue weighted by molar-refractivity contribution is 0.360. The van der Waals surface area contributed by atoms with Crippen molar-refractivity contribution < 1.29 is 8.42 Å². The van der Waals surface area contributed by atoms with Crippen LogP contribution >= 0.6 is 11.5 Å². The summed E-state index contributed by atoms with van der Waals surface area (Å²) in [7, 11) is -1.20. The van der Waals surface area contributed by atoms with Gasteiger partial charge in [-0.05, 0) is 44.4 Å². The van der Waals surface area contributed by atoms with Crippen molar-refractivity contribution in [2.24, 2.45) is 0 Å². The second-order valence-corrected chi connectivity index (χ2v) is 8.51. The molecule has 0 radical (unpaired) electrons. The van der Waals surface area contributed by atoms with Gasteiger partial charge in [-0.15, -0.1) is 0 Å². The Morgan fingerprint density at radius 2 is 2.00 bits per heavy atom. The van der Waals surface area contributed by atoms with Crippen LogP contribution in [0.4, 0.5) is 10.8 Å². The van der Waals surface area contributed by atoms with Gasteiger partial charge in [-0.1, -0.05) is 0 Å². The van der Waals surface area contributed by atoms with Crippen molar-refractivity contribution in [1.29, 1.82) is 0 Å². The Bertz CT molecular complexity index is 595.